The van der Waals surface area contributed by atoms with Crippen LogP contribution >= 0.6 is 11.3 Å². The van der Waals surface area contributed by atoms with Crippen LogP contribution in [-0.2, 0) is 18.4 Å². The number of hydrogen-bond donors (Lipinski definition) is 1. The van der Waals surface area contributed by atoms with Crippen LogP contribution in [-0.4, -0.2) is 36.1 Å². The van der Waals surface area contributed by atoms with Gasteiger partial charge in [-0.25, -0.2) is 4.98 Å². The molecule has 0 amide bonds. The molecule has 118 valence electrons. The molecule has 1 N–H and O–H groups in total. The van der Waals surface area contributed by atoms with Crippen molar-refractivity contribution in [3.63, 3.8) is 0 Å². The molecule has 0 radical (unpaired) electrons. The van der Waals surface area contributed by atoms with E-state index in [4.69, 9.17) is 4.98 Å². The van der Waals surface area contributed by atoms with Crippen molar-refractivity contribution in [3.05, 3.63) is 15.6 Å². The predicted octanol–water partition coefficient (Wildman–Crippen LogP) is 3.33. The summed E-state index contributed by atoms with van der Waals surface area (Å²) in [6.45, 7) is 6.92. The van der Waals surface area contributed by atoms with Gasteiger partial charge in [-0.2, -0.15) is 0 Å². The number of fused-ring (bicyclic) bond motifs is 1. The third kappa shape index (κ3) is 3.33. The topological polar surface area (TPSA) is 28.2 Å². The number of aryl methyl sites for hydroxylation is 2. The molecule has 2 heterocycles. The number of thiazole rings is 1. The van der Waals surface area contributed by atoms with Crippen molar-refractivity contribution in [1.29, 1.82) is 0 Å². The minimum atomic E-state index is 0.112. The van der Waals surface area contributed by atoms with Gasteiger partial charge in [0.1, 0.15) is 5.01 Å². The van der Waals surface area contributed by atoms with Crippen LogP contribution in [0.1, 0.15) is 61.5 Å². The second kappa shape index (κ2) is 6.35. The highest BCUT2D eigenvalue weighted by molar-refractivity contribution is 7.11. The Morgan fingerprint density at radius 2 is 1.95 bits per heavy atom. The van der Waals surface area contributed by atoms with E-state index >= 15 is 0 Å². The molecule has 2 aliphatic rings. The number of nitrogens with one attached hydrogen (secondary N) is 1. The maximum absolute atomic E-state index is 5.10. The minimum Gasteiger partial charge on any atom is -0.306 e. The van der Waals surface area contributed by atoms with E-state index in [9.17, 15) is 0 Å². The van der Waals surface area contributed by atoms with E-state index in [1.54, 1.807) is 4.88 Å². The largest absolute Gasteiger partial charge is 0.306 e. The van der Waals surface area contributed by atoms with E-state index in [2.05, 4.69) is 31.1 Å². The molecule has 3 nitrogen and oxygen atoms in total. The Kier molecular flexibility index (Phi) is 4.67. The summed E-state index contributed by atoms with van der Waals surface area (Å²) in [6, 6.07) is 0.509. The van der Waals surface area contributed by atoms with Crippen molar-refractivity contribution < 1.29 is 0 Å². The van der Waals surface area contributed by atoms with Gasteiger partial charge in [0.2, 0.25) is 0 Å². The Morgan fingerprint density at radius 3 is 2.71 bits per heavy atom. The van der Waals surface area contributed by atoms with Gasteiger partial charge in [-0.1, -0.05) is 0 Å². The molecule has 1 saturated heterocycles. The van der Waals surface area contributed by atoms with Crippen LogP contribution in [0.25, 0.3) is 0 Å². The van der Waals surface area contributed by atoms with E-state index in [-0.39, 0.29) is 5.54 Å². The molecule has 1 atom stereocenters. The lowest BCUT2D eigenvalue weighted by molar-refractivity contribution is 0.259. The number of likely N-dealkylation sites (tertiary alicyclic amines) is 1. The average Bonchev–Trinajstić information content (AvgIpc) is 2.80. The SMILES string of the molecule is CC(C)NC1(c2nc3c(s2)CCCC3)CCCN(C)CC1. The maximum Gasteiger partial charge on any atom is 0.113 e. The maximum atomic E-state index is 5.10. The Morgan fingerprint density at radius 1 is 1.14 bits per heavy atom. The molecule has 0 saturated carbocycles. The van der Waals surface area contributed by atoms with Crippen molar-refractivity contribution in [2.24, 2.45) is 0 Å². The summed E-state index contributed by atoms with van der Waals surface area (Å²) >= 11 is 2.00. The molecular weight excluding hydrogens is 278 g/mol. The van der Waals surface area contributed by atoms with Gasteiger partial charge in [0.05, 0.1) is 11.2 Å². The third-order valence-electron chi connectivity index (χ3n) is 4.88. The molecule has 3 rings (SSSR count). The lowest BCUT2D eigenvalue weighted by Gasteiger charge is -2.34. The van der Waals surface area contributed by atoms with Crippen molar-refractivity contribution in [3.8, 4) is 0 Å². The first-order valence-electron chi connectivity index (χ1n) is 8.54. The fourth-order valence-corrected chi connectivity index (χ4v) is 5.16. The zero-order valence-electron chi connectivity index (χ0n) is 13.7. The smallest absolute Gasteiger partial charge is 0.113 e. The normalized spacial score (nSPS) is 27.6. The van der Waals surface area contributed by atoms with Gasteiger partial charge in [-0.05, 0) is 72.4 Å². The van der Waals surface area contributed by atoms with E-state index < -0.39 is 0 Å². The number of nitrogens with zero attached hydrogens (tertiary/aromatic N) is 2. The Balaban J connectivity index is 1.92. The van der Waals surface area contributed by atoms with E-state index in [0.717, 1.165) is 0 Å². The first-order chi connectivity index (χ1) is 10.1. The van der Waals surface area contributed by atoms with Gasteiger partial charge in [0.15, 0.2) is 0 Å². The second-order valence-corrected chi connectivity index (χ2v) is 8.22. The summed E-state index contributed by atoms with van der Waals surface area (Å²) in [5.74, 6) is 0. The molecule has 1 aromatic heterocycles. The summed E-state index contributed by atoms with van der Waals surface area (Å²) in [4.78, 5) is 9.14. The van der Waals surface area contributed by atoms with Crippen LogP contribution in [0.3, 0.4) is 0 Å². The van der Waals surface area contributed by atoms with E-state index in [1.807, 2.05) is 11.3 Å². The zero-order valence-corrected chi connectivity index (χ0v) is 14.6. The number of aromatic nitrogens is 1. The highest BCUT2D eigenvalue weighted by Gasteiger charge is 2.37. The summed E-state index contributed by atoms with van der Waals surface area (Å²) in [5.41, 5.74) is 1.52. The molecule has 1 aliphatic heterocycles. The van der Waals surface area contributed by atoms with Crippen LogP contribution in [0.4, 0.5) is 0 Å². The predicted molar refractivity (Wildman–Crippen MR) is 90.1 cm³/mol. The fourth-order valence-electron chi connectivity index (χ4n) is 3.80. The van der Waals surface area contributed by atoms with E-state index in [0.29, 0.717) is 6.04 Å². The second-order valence-electron chi connectivity index (χ2n) is 7.13. The summed E-state index contributed by atoms with van der Waals surface area (Å²) < 4.78 is 0. The standard InChI is InChI=1S/C17H29N3S/c1-13(2)19-17(9-6-11-20(3)12-10-17)16-18-14-7-4-5-8-15(14)21-16/h13,19H,4-12H2,1-3H3. The number of rotatable bonds is 3. The van der Waals surface area contributed by atoms with Crippen molar-refractivity contribution in [2.45, 2.75) is 70.4 Å². The van der Waals surface area contributed by atoms with Crippen LogP contribution in [0, 0.1) is 0 Å². The van der Waals surface area contributed by atoms with Crippen molar-refractivity contribution >= 4 is 11.3 Å². The van der Waals surface area contributed by atoms with Gasteiger partial charge < -0.3 is 10.2 Å². The molecule has 1 aliphatic carbocycles. The van der Waals surface area contributed by atoms with E-state index in [1.165, 1.54) is 68.7 Å². The molecule has 1 fully saturated rings. The molecule has 0 spiro atoms. The van der Waals surface area contributed by atoms with Crippen LogP contribution < -0.4 is 5.32 Å². The Labute approximate surface area is 133 Å². The van der Waals surface area contributed by atoms with Gasteiger partial charge in [0, 0.05) is 17.5 Å². The molecule has 1 unspecified atom stereocenters. The molecule has 1 aromatic rings. The fraction of sp³-hybridized carbons (Fsp3) is 0.824. The monoisotopic (exact) mass is 307 g/mol. The Bertz CT molecular complexity index is 459. The van der Waals surface area contributed by atoms with Crippen LogP contribution in [0.2, 0.25) is 0 Å². The molecule has 21 heavy (non-hydrogen) atoms. The zero-order chi connectivity index (χ0) is 14.9. The molecule has 0 aromatic carbocycles. The molecular formula is C17H29N3S. The summed E-state index contributed by atoms with van der Waals surface area (Å²) in [6.07, 6.45) is 8.80. The highest BCUT2D eigenvalue weighted by atomic mass is 32.1. The quantitative estimate of drug-likeness (QED) is 0.928. The van der Waals surface area contributed by atoms with Gasteiger partial charge in [-0.15, -0.1) is 11.3 Å². The van der Waals surface area contributed by atoms with Gasteiger partial charge in [0.25, 0.3) is 0 Å². The van der Waals surface area contributed by atoms with Crippen LogP contribution in [0.15, 0.2) is 0 Å². The van der Waals surface area contributed by atoms with Gasteiger partial charge >= 0.3 is 0 Å². The molecule has 4 heteroatoms. The lowest BCUT2D eigenvalue weighted by atomic mass is 9.90. The Hall–Kier alpha value is -0.450. The van der Waals surface area contributed by atoms with Crippen molar-refractivity contribution in [1.82, 2.24) is 15.2 Å². The van der Waals surface area contributed by atoms with Gasteiger partial charge in [-0.3, -0.25) is 0 Å². The first kappa shape index (κ1) is 15.4. The first-order valence-corrected chi connectivity index (χ1v) is 9.36. The molecule has 0 bridgehead atoms. The number of hydrogen-bond acceptors (Lipinski definition) is 4. The van der Waals surface area contributed by atoms with Crippen LogP contribution in [0.5, 0.6) is 0 Å². The lowest BCUT2D eigenvalue weighted by Crippen LogP contribution is -2.46. The van der Waals surface area contributed by atoms with Crippen molar-refractivity contribution in [2.75, 3.05) is 20.1 Å². The minimum absolute atomic E-state index is 0.112. The average molecular weight is 308 g/mol. The summed E-state index contributed by atoms with van der Waals surface area (Å²) in [5, 5.41) is 5.28. The summed E-state index contributed by atoms with van der Waals surface area (Å²) in [7, 11) is 2.25. The third-order valence-corrected chi connectivity index (χ3v) is 6.25. The highest BCUT2D eigenvalue weighted by Crippen LogP contribution is 2.38.